The molecule has 1 aromatic heterocycles. The van der Waals surface area contributed by atoms with Gasteiger partial charge < -0.3 is 9.64 Å². The van der Waals surface area contributed by atoms with Crippen LogP contribution in [0, 0.1) is 5.92 Å². The summed E-state index contributed by atoms with van der Waals surface area (Å²) in [5.41, 5.74) is 0. The fourth-order valence-corrected chi connectivity index (χ4v) is 2.18. The van der Waals surface area contributed by atoms with E-state index in [2.05, 4.69) is 21.8 Å². The summed E-state index contributed by atoms with van der Waals surface area (Å²) >= 11 is 6.05. The molecule has 1 aliphatic rings. The summed E-state index contributed by atoms with van der Waals surface area (Å²) < 4.78 is 5.07. The van der Waals surface area contributed by atoms with Crippen molar-refractivity contribution in [3.8, 4) is 0 Å². The molecule has 0 bridgehead atoms. The van der Waals surface area contributed by atoms with Gasteiger partial charge in [0.25, 0.3) is 0 Å². The molecular formula is C13H20ClN3O. The van der Waals surface area contributed by atoms with Gasteiger partial charge in [-0.25, -0.2) is 9.97 Å². The highest BCUT2D eigenvalue weighted by atomic mass is 35.5. The molecule has 0 atom stereocenters. The number of methoxy groups -OCH3 is 1. The predicted octanol–water partition coefficient (Wildman–Crippen LogP) is 2.90. The molecule has 4 nitrogen and oxygen atoms in total. The van der Waals surface area contributed by atoms with Crippen LogP contribution in [0.1, 0.15) is 32.0 Å². The van der Waals surface area contributed by atoms with Crippen LogP contribution in [0.2, 0.25) is 5.15 Å². The molecule has 0 unspecified atom stereocenters. The van der Waals surface area contributed by atoms with Gasteiger partial charge in [-0.1, -0.05) is 18.5 Å². The van der Waals surface area contributed by atoms with Gasteiger partial charge in [-0.3, -0.25) is 0 Å². The van der Waals surface area contributed by atoms with E-state index in [1.807, 2.05) is 6.07 Å². The maximum Gasteiger partial charge on any atom is 0.158 e. The normalized spacial score (nSPS) is 14.8. The number of nitrogens with zero attached hydrogens (tertiary/aromatic N) is 3. The molecule has 100 valence electrons. The Bertz CT molecular complexity index is 396. The molecule has 0 N–H and O–H groups in total. The van der Waals surface area contributed by atoms with Crippen LogP contribution in [0.5, 0.6) is 0 Å². The number of anilines is 1. The Hall–Kier alpha value is -0.870. The summed E-state index contributed by atoms with van der Waals surface area (Å²) in [4.78, 5) is 11.0. The average molecular weight is 270 g/mol. The van der Waals surface area contributed by atoms with E-state index < -0.39 is 0 Å². The van der Waals surface area contributed by atoms with E-state index in [1.165, 1.54) is 12.8 Å². The van der Waals surface area contributed by atoms with E-state index in [9.17, 15) is 0 Å². The van der Waals surface area contributed by atoms with Gasteiger partial charge in [-0.2, -0.15) is 0 Å². The first-order valence-corrected chi connectivity index (χ1v) is 6.88. The van der Waals surface area contributed by atoms with Gasteiger partial charge in [0.05, 0.1) is 0 Å². The minimum absolute atomic E-state index is 0.400. The van der Waals surface area contributed by atoms with Gasteiger partial charge in [0.2, 0.25) is 0 Å². The third-order valence-corrected chi connectivity index (χ3v) is 3.19. The molecule has 0 radical (unpaired) electrons. The standard InChI is InChI=1S/C13H20ClN3O/c1-3-6-17(8-10-4-5-10)13-7-11(14)15-12(16-13)9-18-2/h7,10H,3-6,8-9H2,1-2H3. The van der Waals surface area contributed by atoms with Crippen molar-refractivity contribution in [1.29, 1.82) is 0 Å². The SMILES string of the molecule is CCCN(CC1CC1)c1cc(Cl)nc(COC)n1. The number of hydrogen-bond acceptors (Lipinski definition) is 4. The lowest BCUT2D eigenvalue weighted by molar-refractivity contribution is 0.178. The summed E-state index contributed by atoms with van der Waals surface area (Å²) in [6.45, 7) is 4.67. The van der Waals surface area contributed by atoms with Crippen molar-refractivity contribution in [2.45, 2.75) is 32.8 Å². The number of hydrogen-bond donors (Lipinski definition) is 0. The Balaban J connectivity index is 2.15. The van der Waals surface area contributed by atoms with Crippen LogP contribution >= 0.6 is 11.6 Å². The number of aromatic nitrogens is 2. The van der Waals surface area contributed by atoms with Crippen LogP contribution in [0.25, 0.3) is 0 Å². The predicted molar refractivity (Wildman–Crippen MR) is 73.0 cm³/mol. The highest BCUT2D eigenvalue weighted by Crippen LogP contribution is 2.31. The Morgan fingerprint density at radius 2 is 2.22 bits per heavy atom. The van der Waals surface area contributed by atoms with Crippen LogP contribution in [-0.4, -0.2) is 30.2 Å². The minimum atomic E-state index is 0.400. The summed E-state index contributed by atoms with van der Waals surface area (Å²) in [6.07, 6.45) is 3.78. The van der Waals surface area contributed by atoms with E-state index in [4.69, 9.17) is 16.3 Å². The second kappa shape index (κ2) is 6.34. The Morgan fingerprint density at radius 1 is 1.44 bits per heavy atom. The molecule has 1 aliphatic carbocycles. The molecule has 0 aromatic carbocycles. The van der Waals surface area contributed by atoms with Crippen molar-refractivity contribution in [1.82, 2.24) is 9.97 Å². The van der Waals surface area contributed by atoms with E-state index in [-0.39, 0.29) is 0 Å². The average Bonchev–Trinajstić information content (AvgIpc) is 3.12. The smallest absolute Gasteiger partial charge is 0.158 e. The van der Waals surface area contributed by atoms with E-state index in [0.717, 1.165) is 31.2 Å². The summed E-state index contributed by atoms with van der Waals surface area (Å²) in [6, 6.07) is 1.85. The van der Waals surface area contributed by atoms with Crippen molar-refractivity contribution < 1.29 is 4.74 Å². The number of halogens is 1. The second-order valence-corrected chi connectivity index (χ2v) is 5.17. The topological polar surface area (TPSA) is 38.2 Å². The molecule has 5 heteroatoms. The minimum Gasteiger partial charge on any atom is -0.377 e. The monoisotopic (exact) mass is 269 g/mol. The van der Waals surface area contributed by atoms with Gasteiger partial charge >= 0.3 is 0 Å². The van der Waals surface area contributed by atoms with Crippen molar-refractivity contribution in [3.63, 3.8) is 0 Å². The zero-order valence-electron chi connectivity index (χ0n) is 11.0. The second-order valence-electron chi connectivity index (χ2n) is 4.79. The van der Waals surface area contributed by atoms with Gasteiger partial charge in [0, 0.05) is 26.3 Å². The van der Waals surface area contributed by atoms with E-state index >= 15 is 0 Å². The first-order valence-electron chi connectivity index (χ1n) is 6.50. The van der Waals surface area contributed by atoms with Crippen molar-refractivity contribution >= 4 is 17.4 Å². The molecule has 0 aliphatic heterocycles. The lowest BCUT2D eigenvalue weighted by Crippen LogP contribution is -2.28. The number of rotatable bonds is 7. The summed E-state index contributed by atoms with van der Waals surface area (Å²) in [7, 11) is 1.64. The molecule has 0 saturated heterocycles. The summed E-state index contributed by atoms with van der Waals surface area (Å²) in [5, 5.41) is 0.490. The van der Waals surface area contributed by atoms with Crippen molar-refractivity contribution in [2.75, 3.05) is 25.1 Å². The maximum absolute atomic E-state index is 6.05. The molecule has 0 spiro atoms. The highest BCUT2D eigenvalue weighted by molar-refractivity contribution is 6.29. The third kappa shape index (κ3) is 3.82. The first kappa shape index (κ1) is 13.6. The largest absolute Gasteiger partial charge is 0.377 e. The summed E-state index contributed by atoms with van der Waals surface area (Å²) in [5.74, 6) is 2.41. The van der Waals surface area contributed by atoms with Gasteiger partial charge in [0.15, 0.2) is 5.82 Å². The van der Waals surface area contributed by atoms with Crippen LogP contribution in [0.3, 0.4) is 0 Å². The Morgan fingerprint density at radius 3 is 2.83 bits per heavy atom. The van der Waals surface area contributed by atoms with E-state index in [0.29, 0.717) is 17.6 Å². The number of ether oxygens (including phenoxy) is 1. The first-order chi connectivity index (χ1) is 8.72. The van der Waals surface area contributed by atoms with Gasteiger partial charge in [-0.05, 0) is 25.2 Å². The molecule has 0 amide bonds. The van der Waals surface area contributed by atoms with E-state index in [1.54, 1.807) is 7.11 Å². The molecule has 1 saturated carbocycles. The zero-order chi connectivity index (χ0) is 13.0. The van der Waals surface area contributed by atoms with Crippen LogP contribution in [0.4, 0.5) is 5.82 Å². The molecule has 1 aromatic rings. The van der Waals surface area contributed by atoms with Gasteiger partial charge in [0.1, 0.15) is 17.6 Å². The fourth-order valence-electron chi connectivity index (χ4n) is 1.99. The quantitative estimate of drug-likeness (QED) is 0.714. The molecule has 1 fully saturated rings. The van der Waals surface area contributed by atoms with Crippen LogP contribution < -0.4 is 4.90 Å². The van der Waals surface area contributed by atoms with Crippen molar-refractivity contribution in [2.24, 2.45) is 5.92 Å². The maximum atomic E-state index is 6.05. The molecule has 1 heterocycles. The zero-order valence-corrected chi connectivity index (χ0v) is 11.8. The van der Waals surface area contributed by atoms with Crippen molar-refractivity contribution in [3.05, 3.63) is 17.0 Å². The van der Waals surface area contributed by atoms with Crippen LogP contribution in [-0.2, 0) is 11.3 Å². The fraction of sp³-hybridized carbons (Fsp3) is 0.692. The van der Waals surface area contributed by atoms with Gasteiger partial charge in [-0.15, -0.1) is 0 Å². The molecule has 18 heavy (non-hydrogen) atoms. The molecular weight excluding hydrogens is 250 g/mol. The lowest BCUT2D eigenvalue weighted by Gasteiger charge is -2.23. The van der Waals surface area contributed by atoms with Crippen LogP contribution in [0.15, 0.2) is 6.07 Å². The third-order valence-electron chi connectivity index (χ3n) is 2.99. The lowest BCUT2D eigenvalue weighted by atomic mass is 10.3. The Kier molecular flexibility index (Phi) is 4.78. The molecule has 2 rings (SSSR count). The Labute approximate surface area is 113 Å². The highest BCUT2D eigenvalue weighted by Gasteiger charge is 2.25.